The van der Waals surface area contributed by atoms with Crippen LogP contribution in [0.3, 0.4) is 0 Å². The molecule has 3 N–H and O–H groups in total. The molecule has 0 radical (unpaired) electrons. The summed E-state index contributed by atoms with van der Waals surface area (Å²) in [5.41, 5.74) is 7.34. The third-order valence-electron chi connectivity index (χ3n) is 1.23. The summed E-state index contributed by atoms with van der Waals surface area (Å²) in [4.78, 5) is 0. The molecule has 1 rings (SSSR count). The second kappa shape index (κ2) is 2.67. The van der Waals surface area contributed by atoms with Crippen LogP contribution in [0.25, 0.3) is 0 Å². The van der Waals surface area contributed by atoms with Crippen LogP contribution in [-0.2, 0) is 0 Å². The van der Waals surface area contributed by atoms with E-state index in [1.54, 1.807) is 0 Å². The van der Waals surface area contributed by atoms with Crippen molar-refractivity contribution < 1.29 is 0 Å². The molecule has 1 heterocycles. The van der Waals surface area contributed by atoms with Crippen LogP contribution < -0.4 is 11.1 Å². The Labute approximate surface area is 55.9 Å². The number of anilines is 2. The molecule has 1 aromatic heterocycles. The number of hydrogen-bond donors (Lipinski definition) is 2. The van der Waals surface area contributed by atoms with Crippen LogP contribution in [0.4, 0.5) is 11.2 Å². The van der Waals surface area contributed by atoms with Gasteiger partial charge in [0.1, 0.15) is 0 Å². The molecule has 0 unspecified atom stereocenters. The summed E-state index contributed by atoms with van der Waals surface area (Å²) >= 11 is 0. The molecule has 0 fully saturated rings. The molecule has 2 nitrogen and oxygen atoms in total. The van der Waals surface area contributed by atoms with Gasteiger partial charge in [0.15, 0.2) is 0 Å². The van der Waals surface area contributed by atoms with Gasteiger partial charge in [-0.1, -0.05) is 0 Å². The van der Waals surface area contributed by atoms with Gasteiger partial charge in [0, 0.05) is 0 Å². The molecular weight excluding hydrogens is 110 g/mol. The monoisotopic (exact) mass is 118 g/mol. The number of hydrogen-bond acceptors (Lipinski definition) is 2. The third-order valence-corrected chi connectivity index (χ3v) is 1.23. The van der Waals surface area contributed by atoms with Crippen LogP contribution in [0.1, 0.15) is 0 Å². The first-order valence-corrected chi connectivity index (χ1v) is 2.87. The first-order valence-electron chi connectivity index (χ1n) is 2.87. The summed E-state index contributed by atoms with van der Waals surface area (Å²) in [6.07, 6.45) is 0. The summed E-state index contributed by atoms with van der Waals surface area (Å²) in [5, 5.41) is 2.97. The molecule has 0 aliphatic heterocycles. The Balaban J connectivity index is 3.01. The van der Waals surface area contributed by atoms with E-state index < -0.39 is 0 Å². The Morgan fingerprint density at radius 3 is 2.56 bits per heavy atom. The van der Waals surface area contributed by atoms with E-state index in [-0.39, 0.29) is 0 Å². The Bertz CT molecular complexity index is 202. The summed E-state index contributed by atoms with van der Waals surface area (Å²) < 4.78 is 0. The molecule has 1 aromatic rings. The fourth-order valence-corrected chi connectivity index (χ4v) is 0.725. The van der Waals surface area contributed by atoms with Gasteiger partial charge in [-0.25, -0.2) is 0 Å². The molecule has 0 amide bonds. The van der Waals surface area contributed by atoms with Gasteiger partial charge < -0.3 is 0 Å². The second-order valence-corrected chi connectivity index (χ2v) is 1.84. The van der Waals surface area contributed by atoms with E-state index in [1.807, 2.05) is 32.8 Å². The van der Waals surface area contributed by atoms with Crippen molar-refractivity contribution >= 4 is 25.0 Å². The molecule has 0 atom stereocenters. The zero-order valence-electron chi connectivity index (χ0n) is 5.39. The Morgan fingerprint density at radius 2 is 2.11 bits per heavy atom. The quantitative estimate of drug-likeness (QED) is 0.543. The van der Waals surface area contributed by atoms with E-state index in [9.17, 15) is 0 Å². The van der Waals surface area contributed by atoms with E-state index in [4.69, 9.17) is 5.73 Å². The Hall–Kier alpha value is -0.790. The maximum absolute atomic E-state index is 5.57. The van der Waals surface area contributed by atoms with Crippen molar-refractivity contribution in [1.29, 1.82) is 0 Å². The SMILES string of the molecule is CNc1bccbc1N. The van der Waals surface area contributed by atoms with Crippen LogP contribution in [-0.4, -0.2) is 20.9 Å². The van der Waals surface area contributed by atoms with Crippen molar-refractivity contribution in [3.8, 4) is 0 Å². The van der Waals surface area contributed by atoms with Gasteiger partial charge >= 0.3 is 55.0 Å². The van der Waals surface area contributed by atoms with Crippen LogP contribution >= 0.6 is 0 Å². The van der Waals surface area contributed by atoms with Crippen LogP contribution in [0.2, 0.25) is 0 Å². The van der Waals surface area contributed by atoms with Gasteiger partial charge in [-0.15, -0.1) is 0 Å². The predicted octanol–water partition coefficient (Wildman–Crippen LogP) is -0.0133. The molecule has 4 heteroatoms. The van der Waals surface area contributed by atoms with Crippen LogP contribution in [0.5, 0.6) is 0 Å². The molecule has 0 aliphatic rings. The van der Waals surface area contributed by atoms with Crippen molar-refractivity contribution in [3.63, 3.8) is 0 Å². The Kier molecular flexibility index (Phi) is 1.88. The standard InChI is InChI=1S/C5H8B2N2/c1-9-5-4(8)6-2-3-7-5/h2-3,9H,8H2,1H3. The Morgan fingerprint density at radius 1 is 1.44 bits per heavy atom. The number of nitrogen functional groups attached to an aromatic ring is 1. The first kappa shape index (κ1) is 6.33. The average Bonchev–Trinajstić information content (AvgIpc) is 1.89. The molecule has 44 valence electrons. The van der Waals surface area contributed by atoms with Gasteiger partial charge in [-0.2, -0.15) is 0 Å². The van der Waals surface area contributed by atoms with E-state index >= 15 is 0 Å². The zero-order valence-corrected chi connectivity index (χ0v) is 5.39. The summed E-state index contributed by atoms with van der Waals surface area (Å²) in [6, 6.07) is 0. The molecule has 0 saturated heterocycles. The minimum atomic E-state index is 0.792. The molecule has 0 spiro atoms. The second-order valence-electron chi connectivity index (χ2n) is 1.84. The number of nitrogens with one attached hydrogen (secondary N) is 1. The van der Waals surface area contributed by atoms with Crippen molar-refractivity contribution in [3.05, 3.63) is 11.9 Å². The third kappa shape index (κ3) is 1.31. The van der Waals surface area contributed by atoms with Crippen molar-refractivity contribution in [1.82, 2.24) is 0 Å². The molecule has 0 aromatic carbocycles. The number of nitrogens with two attached hydrogens (primary N) is 1. The normalized spacial score (nSPS) is 8.11. The fourth-order valence-electron chi connectivity index (χ4n) is 0.725. The molecular formula is C5H8B2N2. The number of rotatable bonds is 1. The average molecular weight is 118 g/mol. The minimum absolute atomic E-state index is 0.792. The van der Waals surface area contributed by atoms with Gasteiger partial charge in [0.25, 0.3) is 0 Å². The van der Waals surface area contributed by atoms with E-state index in [0.717, 1.165) is 11.2 Å². The van der Waals surface area contributed by atoms with Crippen molar-refractivity contribution in [2.75, 3.05) is 18.1 Å². The zero-order chi connectivity index (χ0) is 6.69. The predicted molar refractivity (Wildman–Crippen MR) is 43.1 cm³/mol. The summed E-state index contributed by atoms with van der Waals surface area (Å²) in [7, 11) is 1.85. The molecule has 0 bridgehead atoms. The van der Waals surface area contributed by atoms with Gasteiger partial charge in [0.2, 0.25) is 0 Å². The van der Waals surface area contributed by atoms with Gasteiger partial charge in [0.05, 0.1) is 0 Å². The van der Waals surface area contributed by atoms with Crippen molar-refractivity contribution in [2.45, 2.75) is 0 Å². The van der Waals surface area contributed by atoms with Crippen molar-refractivity contribution in [2.24, 2.45) is 0 Å². The fraction of sp³-hybridized carbons (Fsp3) is 0.200. The first-order chi connectivity index (χ1) is 4.34. The molecule has 9 heavy (non-hydrogen) atoms. The van der Waals surface area contributed by atoms with Crippen LogP contribution in [0.15, 0.2) is 11.9 Å². The van der Waals surface area contributed by atoms with E-state index in [0.29, 0.717) is 0 Å². The summed E-state index contributed by atoms with van der Waals surface area (Å²) in [6.45, 7) is 3.81. The van der Waals surface area contributed by atoms with Gasteiger partial charge in [-0.05, 0) is 0 Å². The van der Waals surface area contributed by atoms with Crippen LogP contribution in [0, 0.1) is 0 Å². The van der Waals surface area contributed by atoms with E-state index in [2.05, 4.69) is 5.32 Å². The van der Waals surface area contributed by atoms with E-state index in [1.165, 1.54) is 0 Å². The topological polar surface area (TPSA) is 38.0 Å². The molecule has 0 saturated carbocycles. The summed E-state index contributed by atoms with van der Waals surface area (Å²) in [5.74, 6) is 3.86. The molecule has 0 aliphatic carbocycles. The van der Waals surface area contributed by atoms with Gasteiger partial charge in [-0.3, -0.25) is 0 Å². The maximum atomic E-state index is 5.57.